The monoisotopic (exact) mass is 144 g/mol. The Morgan fingerprint density at radius 2 is 1.70 bits per heavy atom. The van der Waals surface area contributed by atoms with Gasteiger partial charge in [-0.05, 0) is 12.8 Å². The van der Waals surface area contributed by atoms with E-state index in [1.54, 1.807) is 0 Å². The summed E-state index contributed by atoms with van der Waals surface area (Å²) in [4.78, 5) is 0. The lowest BCUT2D eigenvalue weighted by Crippen LogP contribution is -2.28. The van der Waals surface area contributed by atoms with Gasteiger partial charge in [-0.3, -0.25) is 0 Å². The quantitative estimate of drug-likeness (QED) is 0.514. The molecule has 0 aromatic carbocycles. The second-order valence-corrected chi connectivity index (χ2v) is 3.44. The third-order valence-electron chi connectivity index (χ3n) is 2.63. The van der Waals surface area contributed by atoms with Gasteiger partial charge in [0.25, 0.3) is 0 Å². The van der Waals surface area contributed by atoms with E-state index in [2.05, 4.69) is 0 Å². The van der Waals surface area contributed by atoms with Crippen LogP contribution in [0.5, 0.6) is 0 Å². The minimum atomic E-state index is -0.215. The van der Waals surface area contributed by atoms with Crippen molar-refractivity contribution < 1.29 is 14.9 Å². The molecule has 0 unspecified atom stereocenters. The van der Waals surface area contributed by atoms with Crippen LogP contribution in [-0.2, 0) is 4.74 Å². The van der Waals surface area contributed by atoms with E-state index in [0.29, 0.717) is 12.2 Å². The maximum atomic E-state index is 8.94. The molecule has 1 saturated carbocycles. The minimum Gasteiger partial charge on any atom is -0.396 e. The van der Waals surface area contributed by atoms with E-state index in [1.165, 1.54) is 0 Å². The fourth-order valence-electron chi connectivity index (χ4n) is 1.78. The van der Waals surface area contributed by atoms with Crippen molar-refractivity contribution in [1.82, 2.24) is 0 Å². The number of aliphatic hydroxyl groups excluding tert-OH is 2. The number of hydrogen-bond donors (Lipinski definition) is 2. The summed E-state index contributed by atoms with van der Waals surface area (Å²) in [6.07, 6.45) is 2.37. The van der Waals surface area contributed by atoms with Crippen molar-refractivity contribution in [3.05, 3.63) is 0 Å². The maximum absolute atomic E-state index is 8.94. The predicted octanol–water partition coefficient (Wildman–Crippen LogP) is -0.481. The highest BCUT2D eigenvalue weighted by Gasteiger charge is 2.55. The zero-order valence-electron chi connectivity index (χ0n) is 5.79. The van der Waals surface area contributed by atoms with Crippen LogP contribution in [0.1, 0.15) is 12.8 Å². The SMILES string of the molecule is OCC1(CO)C[C@@H]2O[C@@H]2C1. The summed E-state index contributed by atoms with van der Waals surface area (Å²) in [6, 6.07) is 0. The summed E-state index contributed by atoms with van der Waals surface area (Å²) in [6.45, 7) is 0.194. The number of rotatable bonds is 2. The summed E-state index contributed by atoms with van der Waals surface area (Å²) < 4.78 is 5.19. The molecule has 0 bridgehead atoms. The molecule has 0 aromatic rings. The first kappa shape index (κ1) is 6.58. The molecule has 2 fully saturated rings. The van der Waals surface area contributed by atoms with Crippen LogP contribution in [-0.4, -0.2) is 35.6 Å². The molecule has 58 valence electrons. The zero-order valence-corrected chi connectivity index (χ0v) is 5.79. The lowest BCUT2D eigenvalue weighted by atomic mass is 9.88. The standard InChI is InChI=1S/C7H12O3/c8-3-7(4-9)1-5-6(2-7)10-5/h5-6,8-9H,1-4H2/t5-,6+. The van der Waals surface area contributed by atoms with Gasteiger partial charge in [0.2, 0.25) is 0 Å². The van der Waals surface area contributed by atoms with E-state index in [0.717, 1.165) is 12.8 Å². The third kappa shape index (κ3) is 0.779. The van der Waals surface area contributed by atoms with E-state index in [1.807, 2.05) is 0 Å². The maximum Gasteiger partial charge on any atom is 0.0849 e. The van der Waals surface area contributed by atoms with E-state index in [-0.39, 0.29) is 18.6 Å². The normalized spacial score (nSPS) is 41.4. The number of hydrogen-bond acceptors (Lipinski definition) is 3. The van der Waals surface area contributed by atoms with Crippen molar-refractivity contribution in [2.75, 3.05) is 13.2 Å². The van der Waals surface area contributed by atoms with Gasteiger partial charge in [-0.1, -0.05) is 0 Å². The van der Waals surface area contributed by atoms with Crippen molar-refractivity contribution in [3.8, 4) is 0 Å². The first-order valence-electron chi connectivity index (χ1n) is 3.67. The van der Waals surface area contributed by atoms with Crippen LogP contribution in [0.25, 0.3) is 0 Å². The smallest absolute Gasteiger partial charge is 0.0849 e. The molecule has 2 aliphatic rings. The van der Waals surface area contributed by atoms with Crippen LogP contribution < -0.4 is 0 Å². The summed E-state index contributed by atoms with van der Waals surface area (Å²) in [7, 11) is 0. The summed E-state index contributed by atoms with van der Waals surface area (Å²) in [5, 5.41) is 17.9. The number of fused-ring (bicyclic) bond motifs is 1. The van der Waals surface area contributed by atoms with Gasteiger partial charge in [-0.25, -0.2) is 0 Å². The van der Waals surface area contributed by atoms with Crippen molar-refractivity contribution in [2.24, 2.45) is 5.41 Å². The molecule has 1 aliphatic heterocycles. The Bertz CT molecular complexity index is 130. The van der Waals surface area contributed by atoms with Gasteiger partial charge in [0.05, 0.1) is 25.4 Å². The third-order valence-corrected chi connectivity index (χ3v) is 2.63. The van der Waals surface area contributed by atoms with Crippen molar-refractivity contribution in [1.29, 1.82) is 0 Å². The average molecular weight is 144 g/mol. The number of aliphatic hydroxyl groups is 2. The minimum absolute atomic E-state index is 0.0971. The Labute approximate surface area is 59.6 Å². The summed E-state index contributed by atoms with van der Waals surface area (Å²) >= 11 is 0. The molecule has 1 heterocycles. The molecule has 1 saturated heterocycles. The van der Waals surface area contributed by atoms with Crippen LogP contribution in [0.4, 0.5) is 0 Å². The Kier molecular flexibility index (Phi) is 1.27. The molecule has 0 radical (unpaired) electrons. The largest absolute Gasteiger partial charge is 0.396 e. The fourth-order valence-corrected chi connectivity index (χ4v) is 1.78. The molecule has 3 nitrogen and oxygen atoms in total. The lowest BCUT2D eigenvalue weighted by Gasteiger charge is -2.24. The van der Waals surface area contributed by atoms with Crippen molar-refractivity contribution in [3.63, 3.8) is 0 Å². The van der Waals surface area contributed by atoms with Gasteiger partial charge >= 0.3 is 0 Å². The van der Waals surface area contributed by atoms with Gasteiger partial charge in [-0.15, -0.1) is 0 Å². The molecule has 0 amide bonds. The van der Waals surface area contributed by atoms with E-state index >= 15 is 0 Å². The molecule has 1 aliphatic carbocycles. The second kappa shape index (κ2) is 1.94. The highest BCUT2D eigenvalue weighted by molar-refractivity contribution is 5.03. The summed E-state index contributed by atoms with van der Waals surface area (Å²) in [5.41, 5.74) is -0.215. The average Bonchev–Trinajstić information content (AvgIpc) is 2.60. The highest BCUT2D eigenvalue weighted by atomic mass is 16.6. The van der Waals surface area contributed by atoms with E-state index in [4.69, 9.17) is 14.9 Å². The first-order valence-corrected chi connectivity index (χ1v) is 3.67. The molecule has 2 N–H and O–H groups in total. The van der Waals surface area contributed by atoms with Crippen LogP contribution in [0, 0.1) is 5.41 Å². The zero-order chi connectivity index (χ0) is 7.19. The molecular formula is C7H12O3. The van der Waals surface area contributed by atoms with Gasteiger partial charge < -0.3 is 14.9 Å². The van der Waals surface area contributed by atoms with Crippen LogP contribution in [0.2, 0.25) is 0 Å². The van der Waals surface area contributed by atoms with Crippen molar-refractivity contribution in [2.45, 2.75) is 25.0 Å². The van der Waals surface area contributed by atoms with Gasteiger partial charge in [-0.2, -0.15) is 0 Å². The molecule has 0 aromatic heterocycles. The molecular weight excluding hydrogens is 132 g/mol. The number of ether oxygens (including phenoxy) is 1. The van der Waals surface area contributed by atoms with Crippen LogP contribution >= 0.6 is 0 Å². The van der Waals surface area contributed by atoms with E-state index < -0.39 is 0 Å². The molecule has 10 heavy (non-hydrogen) atoms. The molecule has 2 atom stereocenters. The van der Waals surface area contributed by atoms with Crippen LogP contribution in [0.15, 0.2) is 0 Å². The fraction of sp³-hybridized carbons (Fsp3) is 1.00. The summed E-state index contributed by atoms with van der Waals surface area (Å²) in [5.74, 6) is 0. The molecule has 2 rings (SSSR count). The lowest BCUT2D eigenvalue weighted by molar-refractivity contribution is 0.0295. The Morgan fingerprint density at radius 1 is 1.20 bits per heavy atom. The highest BCUT2D eigenvalue weighted by Crippen LogP contribution is 2.49. The van der Waals surface area contributed by atoms with Crippen LogP contribution in [0.3, 0.4) is 0 Å². The van der Waals surface area contributed by atoms with Gasteiger partial charge in [0.15, 0.2) is 0 Å². The molecule has 0 spiro atoms. The van der Waals surface area contributed by atoms with Gasteiger partial charge in [0.1, 0.15) is 0 Å². The number of epoxide rings is 1. The first-order chi connectivity index (χ1) is 4.79. The Hall–Kier alpha value is -0.120. The van der Waals surface area contributed by atoms with Gasteiger partial charge in [0, 0.05) is 5.41 Å². The Balaban J connectivity index is 2.02. The predicted molar refractivity (Wildman–Crippen MR) is 34.5 cm³/mol. The van der Waals surface area contributed by atoms with E-state index in [9.17, 15) is 0 Å². The topological polar surface area (TPSA) is 53.0 Å². The molecule has 3 heteroatoms. The van der Waals surface area contributed by atoms with Crippen molar-refractivity contribution >= 4 is 0 Å². The Morgan fingerprint density at radius 3 is 2.00 bits per heavy atom. The second-order valence-electron chi connectivity index (χ2n) is 3.44.